The van der Waals surface area contributed by atoms with Crippen molar-refractivity contribution < 1.29 is 9.53 Å². The van der Waals surface area contributed by atoms with Gasteiger partial charge in [0.1, 0.15) is 5.82 Å². The second-order valence-corrected chi connectivity index (χ2v) is 10.3. The molecule has 0 aliphatic rings. The van der Waals surface area contributed by atoms with Gasteiger partial charge >= 0.3 is 5.97 Å². The number of nitrogens with zero attached hydrogens (tertiary/aromatic N) is 2. The fourth-order valence-corrected chi connectivity index (χ4v) is 5.10. The molecule has 39 heavy (non-hydrogen) atoms. The van der Waals surface area contributed by atoms with Crippen molar-refractivity contribution in [2.75, 3.05) is 6.61 Å². The van der Waals surface area contributed by atoms with Gasteiger partial charge in [-0.25, -0.2) is 4.98 Å². The molecule has 0 aliphatic carbocycles. The Labute approximate surface area is 237 Å². The molecule has 0 bridgehead atoms. The van der Waals surface area contributed by atoms with Crippen molar-refractivity contribution in [3.63, 3.8) is 0 Å². The SMILES string of the molecule is CCCCc1ncc(C=CC(Cc2ccccc2)(Cc2ccccc2)C(=O)OCC)n1Cc1ccccc1Cl. The van der Waals surface area contributed by atoms with Gasteiger partial charge in [0.2, 0.25) is 0 Å². The zero-order valence-electron chi connectivity index (χ0n) is 22.9. The third-order valence-electron chi connectivity index (χ3n) is 6.99. The molecule has 4 aromatic rings. The first kappa shape index (κ1) is 28.4. The Kier molecular flexibility index (Phi) is 10.2. The molecule has 0 N–H and O–H groups in total. The summed E-state index contributed by atoms with van der Waals surface area (Å²) in [5.74, 6) is 0.793. The topological polar surface area (TPSA) is 44.1 Å². The molecule has 0 atom stereocenters. The number of imidazole rings is 1. The number of ether oxygens (including phenoxy) is 1. The van der Waals surface area contributed by atoms with Gasteiger partial charge in [0, 0.05) is 11.4 Å². The van der Waals surface area contributed by atoms with Gasteiger partial charge in [0.05, 0.1) is 30.5 Å². The lowest BCUT2D eigenvalue weighted by Crippen LogP contribution is -2.36. The van der Waals surface area contributed by atoms with Gasteiger partial charge in [0.15, 0.2) is 0 Å². The summed E-state index contributed by atoms with van der Waals surface area (Å²) in [6.07, 6.45) is 10.1. The molecule has 1 heterocycles. The lowest BCUT2D eigenvalue weighted by molar-refractivity contribution is -0.152. The third-order valence-corrected chi connectivity index (χ3v) is 7.36. The number of rotatable bonds is 13. The number of halogens is 1. The van der Waals surface area contributed by atoms with E-state index in [1.54, 1.807) is 0 Å². The Balaban J connectivity index is 1.78. The molecule has 0 spiro atoms. The van der Waals surface area contributed by atoms with E-state index in [2.05, 4.69) is 35.8 Å². The van der Waals surface area contributed by atoms with E-state index in [9.17, 15) is 4.79 Å². The average Bonchev–Trinajstić information content (AvgIpc) is 3.34. The molecular formula is C34H37ClN2O2. The summed E-state index contributed by atoms with van der Waals surface area (Å²) < 4.78 is 7.93. The van der Waals surface area contributed by atoms with E-state index < -0.39 is 5.41 Å². The maximum absolute atomic E-state index is 13.7. The quantitative estimate of drug-likeness (QED) is 0.161. The highest BCUT2D eigenvalue weighted by Crippen LogP contribution is 2.33. The molecule has 3 aromatic carbocycles. The number of benzene rings is 3. The molecule has 1 aromatic heterocycles. The monoisotopic (exact) mass is 540 g/mol. The molecule has 4 nitrogen and oxygen atoms in total. The molecule has 0 aliphatic heterocycles. The van der Waals surface area contributed by atoms with E-state index in [1.165, 1.54) is 0 Å². The molecule has 0 unspecified atom stereocenters. The molecule has 0 radical (unpaired) electrons. The summed E-state index contributed by atoms with van der Waals surface area (Å²) >= 11 is 6.54. The van der Waals surface area contributed by atoms with Crippen LogP contribution < -0.4 is 0 Å². The fourth-order valence-electron chi connectivity index (χ4n) is 4.91. The van der Waals surface area contributed by atoms with Crippen molar-refractivity contribution in [1.82, 2.24) is 9.55 Å². The molecular weight excluding hydrogens is 504 g/mol. The van der Waals surface area contributed by atoms with E-state index >= 15 is 0 Å². The van der Waals surface area contributed by atoms with Crippen LogP contribution in [0.3, 0.4) is 0 Å². The molecule has 0 fully saturated rings. The smallest absolute Gasteiger partial charge is 0.316 e. The Morgan fingerprint density at radius 3 is 2.13 bits per heavy atom. The van der Waals surface area contributed by atoms with E-state index in [0.717, 1.165) is 52.5 Å². The fraction of sp³-hybridized carbons (Fsp3) is 0.294. The van der Waals surface area contributed by atoms with E-state index in [1.807, 2.05) is 85.9 Å². The highest BCUT2D eigenvalue weighted by Gasteiger charge is 2.38. The third kappa shape index (κ3) is 7.48. The minimum Gasteiger partial charge on any atom is -0.465 e. The number of unbranched alkanes of at least 4 members (excludes halogenated alkanes) is 1. The largest absolute Gasteiger partial charge is 0.465 e. The molecule has 4 rings (SSSR count). The van der Waals surface area contributed by atoms with Crippen LogP contribution in [0.15, 0.2) is 97.2 Å². The van der Waals surface area contributed by atoms with Gasteiger partial charge in [-0.05, 0) is 55.0 Å². The van der Waals surface area contributed by atoms with Crippen molar-refractivity contribution in [2.24, 2.45) is 5.41 Å². The molecule has 0 saturated carbocycles. The van der Waals surface area contributed by atoms with Crippen LogP contribution in [0.5, 0.6) is 0 Å². The Hall–Kier alpha value is -3.63. The maximum atomic E-state index is 13.7. The van der Waals surface area contributed by atoms with Crippen molar-refractivity contribution in [3.8, 4) is 0 Å². The number of hydrogen-bond acceptors (Lipinski definition) is 3. The first-order valence-corrected chi connectivity index (χ1v) is 14.1. The number of aryl methyl sites for hydroxylation is 1. The molecule has 0 saturated heterocycles. The summed E-state index contributed by atoms with van der Waals surface area (Å²) in [7, 11) is 0. The summed E-state index contributed by atoms with van der Waals surface area (Å²) in [4.78, 5) is 18.5. The van der Waals surface area contributed by atoms with Gasteiger partial charge in [-0.3, -0.25) is 4.79 Å². The molecule has 5 heteroatoms. The molecule has 202 valence electrons. The lowest BCUT2D eigenvalue weighted by Gasteiger charge is -2.29. The van der Waals surface area contributed by atoms with E-state index in [-0.39, 0.29) is 5.97 Å². The molecule has 0 amide bonds. The first-order valence-electron chi connectivity index (χ1n) is 13.8. The lowest BCUT2D eigenvalue weighted by atomic mass is 9.76. The van der Waals surface area contributed by atoms with E-state index in [0.29, 0.717) is 26.0 Å². The van der Waals surface area contributed by atoms with Crippen LogP contribution in [0.2, 0.25) is 5.02 Å². The van der Waals surface area contributed by atoms with Gasteiger partial charge in [-0.15, -0.1) is 0 Å². The normalized spacial score (nSPS) is 11.7. The van der Waals surface area contributed by atoms with Gasteiger partial charge in [-0.2, -0.15) is 0 Å². The summed E-state index contributed by atoms with van der Waals surface area (Å²) in [6.45, 7) is 4.98. The number of aromatic nitrogens is 2. The number of hydrogen-bond donors (Lipinski definition) is 0. The highest BCUT2D eigenvalue weighted by atomic mass is 35.5. The van der Waals surface area contributed by atoms with Crippen molar-refractivity contribution in [1.29, 1.82) is 0 Å². The average molecular weight is 541 g/mol. The minimum absolute atomic E-state index is 0.225. The summed E-state index contributed by atoms with van der Waals surface area (Å²) in [5.41, 5.74) is 3.26. The van der Waals surface area contributed by atoms with Crippen LogP contribution in [0.1, 0.15) is 54.9 Å². The van der Waals surface area contributed by atoms with Crippen LogP contribution in [0.4, 0.5) is 0 Å². The second kappa shape index (κ2) is 14.0. The highest BCUT2D eigenvalue weighted by molar-refractivity contribution is 6.31. The van der Waals surface area contributed by atoms with E-state index in [4.69, 9.17) is 21.3 Å². The van der Waals surface area contributed by atoms with Crippen molar-refractivity contribution >= 4 is 23.6 Å². The second-order valence-electron chi connectivity index (χ2n) is 9.92. The van der Waals surface area contributed by atoms with Crippen LogP contribution in [0.25, 0.3) is 6.08 Å². The van der Waals surface area contributed by atoms with Crippen LogP contribution >= 0.6 is 11.6 Å². The zero-order chi connectivity index (χ0) is 27.5. The standard InChI is InChI=1S/C34H37ClN2O2/c1-3-5-20-32-36-25-30(37(32)26-29-18-12-13-19-31(29)35)21-22-34(33(38)39-4-2,23-27-14-8-6-9-15-27)24-28-16-10-7-11-17-28/h6-19,21-22,25H,3-5,20,23-24,26H2,1-2H3. The number of carbonyl (C=O) groups is 1. The van der Waals surface area contributed by atoms with Crippen LogP contribution in [0, 0.1) is 5.41 Å². The Morgan fingerprint density at radius 2 is 1.54 bits per heavy atom. The Morgan fingerprint density at radius 1 is 0.923 bits per heavy atom. The number of esters is 1. The summed E-state index contributed by atoms with van der Waals surface area (Å²) in [5, 5.41) is 0.733. The number of carbonyl (C=O) groups excluding carboxylic acids is 1. The predicted octanol–water partition coefficient (Wildman–Crippen LogP) is 7.98. The van der Waals surface area contributed by atoms with Gasteiger partial charge in [0.25, 0.3) is 0 Å². The zero-order valence-corrected chi connectivity index (χ0v) is 23.6. The van der Waals surface area contributed by atoms with Gasteiger partial charge in [-0.1, -0.05) is 110 Å². The predicted molar refractivity (Wildman–Crippen MR) is 160 cm³/mol. The summed E-state index contributed by atoms with van der Waals surface area (Å²) in [6, 6.07) is 28.2. The van der Waals surface area contributed by atoms with Crippen molar-refractivity contribution in [2.45, 2.75) is 52.5 Å². The first-order chi connectivity index (χ1) is 19.0. The van der Waals surface area contributed by atoms with Crippen molar-refractivity contribution in [3.05, 3.63) is 130 Å². The van der Waals surface area contributed by atoms with Crippen LogP contribution in [-0.2, 0) is 35.3 Å². The van der Waals surface area contributed by atoms with Gasteiger partial charge < -0.3 is 9.30 Å². The Bertz CT molecular complexity index is 1320. The minimum atomic E-state index is -0.887. The maximum Gasteiger partial charge on any atom is 0.316 e. The van der Waals surface area contributed by atoms with Crippen LogP contribution in [-0.4, -0.2) is 22.1 Å².